The summed E-state index contributed by atoms with van der Waals surface area (Å²) >= 11 is 0. The van der Waals surface area contributed by atoms with Crippen molar-refractivity contribution in [2.45, 2.75) is 25.0 Å². The number of ether oxygens (including phenoxy) is 1. The molecular weight excluding hydrogens is 202 g/mol. The van der Waals surface area contributed by atoms with E-state index < -0.39 is 23.8 Å². The van der Waals surface area contributed by atoms with Crippen LogP contribution in [0.1, 0.15) is 24.5 Å². The molecule has 82 valence electrons. The zero-order valence-electron chi connectivity index (χ0n) is 8.12. The van der Waals surface area contributed by atoms with Crippen molar-refractivity contribution in [3.63, 3.8) is 0 Å². The number of aliphatic hydroxyl groups is 1. The Morgan fingerprint density at radius 1 is 1.27 bits per heavy atom. The molecule has 0 radical (unpaired) electrons. The van der Waals surface area contributed by atoms with Gasteiger partial charge in [0.1, 0.15) is 11.6 Å². The number of halogens is 2. The van der Waals surface area contributed by atoms with Crippen LogP contribution in [0.15, 0.2) is 18.2 Å². The fourth-order valence-electron chi connectivity index (χ4n) is 1.74. The van der Waals surface area contributed by atoms with Gasteiger partial charge in [-0.1, -0.05) is 0 Å². The number of benzene rings is 1. The molecule has 1 saturated heterocycles. The van der Waals surface area contributed by atoms with Gasteiger partial charge in [0.15, 0.2) is 0 Å². The molecule has 1 aromatic carbocycles. The van der Waals surface area contributed by atoms with Crippen LogP contribution >= 0.6 is 0 Å². The second kappa shape index (κ2) is 4.24. The fourth-order valence-corrected chi connectivity index (χ4v) is 1.74. The Kier molecular flexibility index (Phi) is 2.98. The summed E-state index contributed by atoms with van der Waals surface area (Å²) in [5.41, 5.74) is 0.238. The van der Waals surface area contributed by atoms with Crippen molar-refractivity contribution in [3.8, 4) is 0 Å². The van der Waals surface area contributed by atoms with Crippen molar-refractivity contribution in [1.29, 1.82) is 0 Å². The van der Waals surface area contributed by atoms with Gasteiger partial charge in [0.2, 0.25) is 0 Å². The van der Waals surface area contributed by atoms with Gasteiger partial charge in [-0.2, -0.15) is 0 Å². The first kappa shape index (κ1) is 10.5. The third-order valence-electron chi connectivity index (χ3n) is 2.56. The number of rotatable bonds is 1. The highest BCUT2D eigenvalue weighted by Crippen LogP contribution is 2.30. The topological polar surface area (TPSA) is 29.5 Å². The van der Waals surface area contributed by atoms with E-state index >= 15 is 0 Å². The molecule has 2 atom stereocenters. The van der Waals surface area contributed by atoms with Gasteiger partial charge in [-0.15, -0.1) is 0 Å². The molecule has 1 N–H and O–H groups in total. The SMILES string of the molecule is OC1CCC(c2cc(F)ccc2F)OC1. The van der Waals surface area contributed by atoms with E-state index in [4.69, 9.17) is 4.74 Å². The molecule has 0 amide bonds. The summed E-state index contributed by atoms with van der Waals surface area (Å²) in [4.78, 5) is 0. The van der Waals surface area contributed by atoms with Crippen LogP contribution < -0.4 is 0 Å². The van der Waals surface area contributed by atoms with Gasteiger partial charge in [-0.3, -0.25) is 0 Å². The molecule has 1 aromatic rings. The zero-order valence-corrected chi connectivity index (χ0v) is 8.12. The summed E-state index contributed by atoms with van der Waals surface area (Å²) in [7, 11) is 0. The van der Waals surface area contributed by atoms with Crippen molar-refractivity contribution in [2.75, 3.05) is 6.61 Å². The number of hydrogen-bond acceptors (Lipinski definition) is 2. The normalized spacial score (nSPS) is 26.6. The van der Waals surface area contributed by atoms with E-state index in [-0.39, 0.29) is 12.2 Å². The summed E-state index contributed by atoms with van der Waals surface area (Å²) in [5, 5.41) is 9.20. The quantitative estimate of drug-likeness (QED) is 0.776. The van der Waals surface area contributed by atoms with Crippen molar-refractivity contribution in [1.82, 2.24) is 0 Å². The van der Waals surface area contributed by atoms with Crippen LogP contribution in [-0.2, 0) is 4.74 Å². The molecule has 0 spiro atoms. The molecule has 0 saturated carbocycles. The standard InChI is InChI=1S/C11H12F2O2/c12-7-1-3-10(13)9(5-7)11-4-2-8(14)6-15-11/h1,3,5,8,11,14H,2,4,6H2. The highest BCUT2D eigenvalue weighted by molar-refractivity contribution is 5.21. The minimum absolute atomic E-state index is 0.181. The van der Waals surface area contributed by atoms with E-state index in [1.165, 1.54) is 0 Å². The lowest BCUT2D eigenvalue weighted by molar-refractivity contribution is -0.0581. The Bertz CT molecular complexity index is 346. The maximum Gasteiger partial charge on any atom is 0.129 e. The van der Waals surface area contributed by atoms with Crippen LogP contribution in [-0.4, -0.2) is 17.8 Å². The van der Waals surface area contributed by atoms with Crippen molar-refractivity contribution in [3.05, 3.63) is 35.4 Å². The molecule has 1 aliphatic heterocycles. The van der Waals surface area contributed by atoms with E-state index in [2.05, 4.69) is 0 Å². The van der Waals surface area contributed by atoms with Crippen LogP contribution in [0.25, 0.3) is 0 Å². The lowest BCUT2D eigenvalue weighted by atomic mass is 10.00. The van der Waals surface area contributed by atoms with Crippen LogP contribution in [0.5, 0.6) is 0 Å². The largest absolute Gasteiger partial charge is 0.391 e. The Morgan fingerprint density at radius 2 is 2.07 bits per heavy atom. The van der Waals surface area contributed by atoms with Gasteiger partial charge in [-0.25, -0.2) is 8.78 Å². The molecular formula is C11H12F2O2. The molecule has 1 fully saturated rings. The second-order valence-corrected chi connectivity index (χ2v) is 3.72. The Morgan fingerprint density at radius 3 is 2.73 bits per heavy atom. The summed E-state index contributed by atoms with van der Waals surface area (Å²) < 4.78 is 31.5. The highest BCUT2D eigenvalue weighted by Gasteiger charge is 2.23. The lowest BCUT2D eigenvalue weighted by Crippen LogP contribution is -2.25. The Hall–Kier alpha value is -1.00. The highest BCUT2D eigenvalue weighted by atomic mass is 19.1. The first-order valence-electron chi connectivity index (χ1n) is 4.91. The van der Waals surface area contributed by atoms with E-state index in [0.29, 0.717) is 12.8 Å². The summed E-state index contributed by atoms with van der Waals surface area (Å²) in [6.07, 6.45) is 0.143. The van der Waals surface area contributed by atoms with E-state index in [1.54, 1.807) is 0 Å². The minimum Gasteiger partial charge on any atom is -0.391 e. The van der Waals surface area contributed by atoms with E-state index in [9.17, 15) is 13.9 Å². The molecule has 15 heavy (non-hydrogen) atoms. The molecule has 4 heteroatoms. The van der Waals surface area contributed by atoms with E-state index in [0.717, 1.165) is 18.2 Å². The zero-order chi connectivity index (χ0) is 10.8. The van der Waals surface area contributed by atoms with E-state index in [1.807, 2.05) is 0 Å². The number of hydrogen-bond donors (Lipinski definition) is 1. The second-order valence-electron chi connectivity index (χ2n) is 3.72. The van der Waals surface area contributed by atoms with Gasteiger partial charge >= 0.3 is 0 Å². The monoisotopic (exact) mass is 214 g/mol. The Balaban J connectivity index is 2.18. The predicted molar refractivity (Wildman–Crippen MR) is 50.3 cm³/mol. The molecule has 1 aliphatic rings. The van der Waals surface area contributed by atoms with Crippen molar-refractivity contribution >= 4 is 0 Å². The van der Waals surface area contributed by atoms with Crippen LogP contribution in [0.4, 0.5) is 8.78 Å². The van der Waals surface area contributed by atoms with Gasteiger partial charge in [0.05, 0.1) is 18.8 Å². The summed E-state index contributed by atoms with van der Waals surface area (Å²) in [6, 6.07) is 3.33. The number of aliphatic hydroxyl groups excluding tert-OH is 1. The van der Waals surface area contributed by atoms with Crippen molar-refractivity contribution in [2.24, 2.45) is 0 Å². The third-order valence-corrected chi connectivity index (χ3v) is 2.56. The summed E-state index contributed by atoms with van der Waals surface area (Å²) in [5.74, 6) is -0.932. The first-order chi connectivity index (χ1) is 7.16. The smallest absolute Gasteiger partial charge is 0.129 e. The minimum atomic E-state index is -0.488. The maximum atomic E-state index is 13.3. The third kappa shape index (κ3) is 2.33. The predicted octanol–water partition coefficient (Wildman–Crippen LogP) is 2.18. The molecule has 1 heterocycles. The van der Waals surface area contributed by atoms with Gasteiger partial charge in [0, 0.05) is 5.56 Å². The van der Waals surface area contributed by atoms with Crippen molar-refractivity contribution < 1.29 is 18.6 Å². The van der Waals surface area contributed by atoms with Crippen LogP contribution in [0.2, 0.25) is 0 Å². The summed E-state index contributed by atoms with van der Waals surface area (Å²) in [6.45, 7) is 0.181. The lowest BCUT2D eigenvalue weighted by Gasteiger charge is -2.26. The molecule has 2 nitrogen and oxygen atoms in total. The molecule has 0 aromatic heterocycles. The molecule has 2 unspecified atom stereocenters. The van der Waals surface area contributed by atoms with Gasteiger partial charge in [0.25, 0.3) is 0 Å². The molecule has 2 rings (SSSR count). The molecule has 0 aliphatic carbocycles. The van der Waals surface area contributed by atoms with Gasteiger partial charge in [-0.05, 0) is 31.0 Å². The molecule has 0 bridgehead atoms. The van der Waals surface area contributed by atoms with Crippen LogP contribution in [0.3, 0.4) is 0 Å². The Labute approximate surface area is 86.5 Å². The average Bonchev–Trinajstić information content (AvgIpc) is 2.23. The first-order valence-corrected chi connectivity index (χ1v) is 4.91. The fraction of sp³-hybridized carbons (Fsp3) is 0.455. The van der Waals surface area contributed by atoms with Gasteiger partial charge < -0.3 is 9.84 Å². The van der Waals surface area contributed by atoms with Crippen LogP contribution in [0, 0.1) is 11.6 Å². The maximum absolute atomic E-state index is 13.3. The average molecular weight is 214 g/mol.